The number of fused-ring (bicyclic) bond motifs is 3. The number of anilines is 1. The van der Waals surface area contributed by atoms with Crippen LogP contribution in [0.15, 0.2) is 28.7 Å². The van der Waals surface area contributed by atoms with Gasteiger partial charge in [-0.25, -0.2) is 0 Å². The van der Waals surface area contributed by atoms with E-state index in [0.717, 1.165) is 0 Å². The van der Waals surface area contributed by atoms with E-state index in [1.807, 2.05) is 20.8 Å². The van der Waals surface area contributed by atoms with Gasteiger partial charge in [-0.2, -0.15) is 0 Å². The molecule has 10 nitrogen and oxygen atoms in total. The summed E-state index contributed by atoms with van der Waals surface area (Å²) in [5, 5.41) is 36.1. The van der Waals surface area contributed by atoms with Crippen molar-refractivity contribution in [2.75, 3.05) is 26.1 Å². The number of nitrogens with one attached hydrogen (secondary N) is 1. The maximum absolute atomic E-state index is 14.0. The monoisotopic (exact) mass is 513 g/mol. The molecule has 200 valence electrons. The summed E-state index contributed by atoms with van der Waals surface area (Å²) < 4.78 is 5.77. The molecule has 2 amide bonds. The second-order valence-electron chi connectivity index (χ2n) is 11.4. The number of methoxy groups -OCH3 is 1. The number of aliphatic hydroxyl groups excluding tert-OH is 2. The van der Waals surface area contributed by atoms with Gasteiger partial charge in [-0.1, -0.05) is 0 Å². The Kier molecular flexibility index (Phi) is 6.31. The van der Waals surface area contributed by atoms with Crippen LogP contribution in [0.25, 0.3) is 0 Å². The quantitative estimate of drug-likeness (QED) is 0.410. The summed E-state index contributed by atoms with van der Waals surface area (Å²) in [6.45, 7) is 5.43. The lowest BCUT2D eigenvalue weighted by molar-refractivity contribution is -0.118. The molecule has 3 aliphatic rings. The zero-order chi connectivity index (χ0) is 27.6. The average molecular weight is 514 g/mol. The number of carbonyl (C=O) groups excluding carboxylic acids is 3. The number of allylic oxidation sites excluding steroid dienone is 2. The van der Waals surface area contributed by atoms with Crippen LogP contribution in [0.1, 0.15) is 66.3 Å². The van der Waals surface area contributed by atoms with Crippen molar-refractivity contribution in [3.8, 4) is 5.75 Å². The van der Waals surface area contributed by atoms with Gasteiger partial charge >= 0.3 is 0 Å². The first-order chi connectivity index (χ1) is 17.1. The van der Waals surface area contributed by atoms with Crippen molar-refractivity contribution in [3.63, 3.8) is 0 Å². The van der Waals surface area contributed by atoms with Crippen molar-refractivity contribution >= 4 is 23.3 Å². The summed E-state index contributed by atoms with van der Waals surface area (Å²) >= 11 is 0. The summed E-state index contributed by atoms with van der Waals surface area (Å²) in [6, 6.07) is 1.58. The molecule has 0 saturated heterocycles. The molecule has 6 N–H and O–H groups in total. The molecule has 4 rings (SSSR count). The van der Waals surface area contributed by atoms with Crippen LogP contribution in [-0.4, -0.2) is 65.3 Å². The Morgan fingerprint density at radius 2 is 1.84 bits per heavy atom. The predicted molar refractivity (Wildman–Crippen MR) is 137 cm³/mol. The Morgan fingerprint density at radius 1 is 1.19 bits per heavy atom. The van der Waals surface area contributed by atoms with Gasteiger partial charge in [-0.05, 0) is 51.2 Å². The summed E-state index contributed by atoms with van der Waals surface area (Å²) in [5.41, 5.74) is 4.63. The lowest BCUT2D eigenvalue weighted by atomic mass is 9.60. The molecule has 0 radical (unpaired) electrons. The smallest absolute Gasteiger partial charge is 0.255 e. The Labute approximate surface area is 215 Å². The number of hydrogen-bond acceptors (Lipinski definition) is 8. The second kappa shape index (κ2) is 8.79. The molecule has 0 unspecified atom stereocenters. The Morgan fingerprint density at radius 3 is 2.38 bits per heavy atom. The largest absolute Gasteiger partial charge is 0.512 e. The number of amides is 2. The van der Waals surface area contributed by atoms with Gasteiger partial charge in [0.25, 0.3) is 5.91 Å². The van der Waals surface area contributed by atoms with Gasteiger partial charge in [0.1, 0.15) is 22.9 Å². The van der Waals surface area contributed by atoms with Crippen molar-refractivity contribution in [1.82, 2.24) is 5.32 Å². The van der Waals surface area contributed by atoms with E-state index in [1.165, 1.54) is 7.11 Å². The third-order valence-electron chi connectivity index (χ3n) is 7.70. The van der Waals surface area contributed by atoms with Crippen molar-refractivity contribution in [2.45, 2.75) is 57.6 Å². The van der Waals surface area contributed by atoms with Crippen molar-refractivity contribution in [1.29, 1.82) is 0 Å². The van der Waals surface area contributed by atoms with E-state index < -0.39 is 46.3 Å². The Bertz CT molecular complexity index is 1270. The van der Waals surface area contributed by atoms with Crippen LogP contribution < -0.4 is 16.0 Å². The van der Waals surface area contributed by atoms with Gasteiger partial charge in [0.05, 0.1) is 16.7 Å². The Hall–Kier alpha value is -3.53. The van der Waals surface area contributed by atoms with E-state index in [4.69, 9.17) is 10.5 Å². The summed E-state index contributed by atoms with van der Waals surface area (Å²) in [6.07, 6.45) is 0.611. The highest BCUT2D eigenvalue weighted by atomic mass is 16.5. The molecule has 0 saturated carbocycles. The fourth-order valence-corrected chi connectivity index (χ4v) is 6.02. The zero-order valence-electron chi connectivity index (χ0n) is 22.1. The number of nitrogens with two attached hydrogens (primary N) is 1. The fourth-order valence-electron chi connectivity index (χ4n) is 6.02. The molecule has 0 spiro atoms. The van der Waals surface area contributed by atoms with Crippen LogP contribution >= 0.6 is 0 Å². The van der Waals surface area contributed by atoms with Gasteiger partial charge in [0.15, 0.2) is 5.78 Å². The molecular formula is C27H35N3O7. The number of hydrogen-bond donors (Lipinski definition) is 5. The number of primary amides is 1. The number of aliphatic hydroxyl groups is 2. The number of nitrogens with zero attached hydrogens (tertiary/aromatic N) is 1. The fraction of sp³-hybridized carbons (Fsp3) is 0.519. The van der Waals surface area contributed by atoms with Crippen LogP contribution in [0.4, 0.5) is 5.69 Å². The molecule has 0 heterocycles. The van der Waals surface area contributed by atoms with Crippen LogP contribution in [0.5, 0.6) is 5.75 Å². The number of Topliss-reactive ketones (excluding diaryl/α,β-unsaturated/α-hetero) is 1. The number of ketones is 1. The molecule has 0 aliphatic heterocycles. The number of phenolic OH excluding ortho intramolecular Hbond substituents is 1. The molecule has 3 atom stereocenters. The van der Waals surface area contributed by atoms with Crippen LogP contribution in [-0.2, 0) is 16.0 Å². The van der Waals surface area contributed by atoms with E-state index in [2.05, 4.69) is 5.32 Å². The van der Waals surface area contributed by atoms with E-state index in [-0.39, 0.29) is 46.6 Å². The number of carbonyl (C=O) groups is 3. The zero-order valence-corrected chi connectivity index (χ0v) is 22.1. The van der Waals surface area contributed by atoms with Gasteiger partial charge in [-0.3, -0.25) is 14.4 Å². The normalized spacial score (nSPS) is 25.3. The third kappa shape index (κ3) is 4.13. The van der Waals surface area contributed by atoms with Gasteiger partial charge in [0, 0.05) is 56.8 Å². The highest BCUT2D eigenvalue weighted by Crippen LogP contribution is 2.54. The highest BCUT2D eigenvalue weighted by Gasteiger charge is 2.56. The summed E-state index contributed by atoms with van der Waals surface area (Å²) in [7, 11) is 4.96. The lowest BCUT2D eigenvalue weighted by Gasteiger charge is -2.49. The van der Waals surface area contributed by atoms with Crippen LogP contribution in [0.2, 0.25) is 0 Å². The Balaban J connectivity index is 1.91. The first-order valence-corrected chi connectivity index (χ1v) is 12.3. The van der Waals surface area contributed by atoms with E-state index in [9.17, 15) is 29.7 Å². The number of aromatic hydroxyl groups is 1. The molecule has 0 fully saturated rings. The minimum atomic E-state index is -1.42. The van der Waals surface area contributed by atoms with Gasteiger partial charge in [0.2, 0.25) is 5.91 Å². The highest BCUT2D eigenvalue weighted by molar-refractivity contribution is 6.16. The first-order valence-electron chi connectivity index (χ1n) is 12.3. The molecule has 1 aromatic carbocycles. The third-order valence-corrected chi connectivity index (χ3v) is 7.70. The topological polar surface area (TPSA) is 162 Å². The standard InChI is InChI=1S/C27H35N3O7/c1-26(2,3)29-25(36)15-10-17(30(4)5)14-8-12-7-13-9-18(31)16(24(28)35)11-27(13,37-6)23(34)19(12)22(33)20(14)21(15)32/h10,12-13,31-32,34H,7-9,11H2,1-6H3,(H2,28,35)(H,29,36)/t12-,13+,27+/m1/s1. The molecule has 1 aromatic rings. The maximum Gasteiger partial charge on any atom is 0.255 e. The van der Waals surface area contributed by atoms with Crippen molar-refractivity contribution in [3.05, 3.63) is 45.4 Å². The number of ether oxygens (including phenoxy) is 1. The van der Waals surface area contributed by atoms with Crippen molar-refractivity contribution in [2.24, 2.45) is 17.6 Å². The average Bonchev–Trinajstić information content (AvgIpc) is 2.77. The minimum Gasteiger partial charge on any atom is -0.512 e. The molecule has 0 bridgehead atoms. The predicted octanol–water partition coefficient (Wildman–Crippen LogP) is 2.65. The summed E-state index contributed by atoms with van der Waals surface area (Å²) in [5.74, 6) is -3.67. The SMILES string of the molecule is CO[C@@]12CC(C(N)=O)=C(O)C[C@@H]1C[C@@H]1Cc3c(N(C)C)cc(C(=O)NC(C)(C)C)c(O)c3C(=O)C1=C2O. The number of rotatable bonds is 4. The van der Waals surface area contributed by atoms with Gasteiger partial charge < -0.3 is 36.0 Å². The molecule has 0 aromatic heterocycles. The van der Waals surface area contributed by atoms with Crippen LogP contribution in [0, 0.1) is 11.8 Å². The van der Waals surface area contributed by atoms with E-state index >= 15 is 0 Å². The molecule has 10 heteroatoms. The van der Waals surface area contributed by atoms with E-state index in [0.29, 0.717) is 24.1 Å². The summed E-state index contributed by atoms with van der Waals surface area (Å²) in [4.78, 5) is 40.8. The first kappa shape index (κ1) is 26.5. The van der Waals surface area contributed by atoms with E-state index in [1.54, 1.807) is 25.1 Å². The lowest BCUT2D eigenvalue weighted by Crippen LogP contribution is -2.52. The minimum absolute atomic E-state index is 0.0305. The molecule has 37 heavy (non-hydrogen) atoms. The van der Waals surface area contributed by atoms with Crippen LogP contribution in [0.3, 0.4) is 0 Å². The second-order valence-corrected chi connectivity index (χ2v) is 11.4. The molecular weight excluding hydrogens is 478 g/mol. The number of benzene rings is 1. The number of phenols is 1. The molecule has 3 aliphatic carbocycles. The maximum atomic E-state index is 14.0. The van der Waals surface area contributed by atoms with Crippen molar-refractivity contribution < 1.29 is 34.4 Å². The van der Waals surface area contributed by atoms with Gasteiger partial charge in [-0.15, -0.1) is 0 Å².